The summed E-state index contributed by atoms with van der Waals surface area (Å²) in [5.41, 5.74) is 9.95. The van der Waals surface area contributed by atoms with Crippen LogP contribution in [0.2, 0.25) is 0 Å². The normalized spacial score (nSPS) is 13.6. The second-order valence-corrected chi connectivity index (χ2v) is 5.22. The Balaban J connectivity index is 4.93. The number of rotatable bonds is 11. The summed E-state index contributed by atoms with van der Waals surface area (Å²) in [6.45, 7) is 0.714. The topological polar surface area (TPSA) is 231 Å². The van der Waals surface area contributed by atoms with Crippen molar-refractivity contribution in [1.29, 1.82) is 0 Å². The largest absolute Gasteiger partial charge is 0.481 e. The lowest BCUT2D eigenvalue weighted by Crippen LogP contribution is -2.56. The number of nitrogens with one attached hydrogen (secondary N) is 3. The smallest absolute Gasteiger partial charge is 0.326 e. The minimum atomic E-state index is -1.59. The molecule has 0 aromatic rings. The van der Waals surface area contributed by atoms with Gasteiger partial charge < -0.3 is 37.6 Å². The zero-order valence-corrected chi connectivity index (χ0v) is 13.9. The van der Waals surface area contributed by atoms with Gasteiger partial charge in [-0.25, -0.2) is 4.79 Å². The van der Waals surface area contributed by atoms with Gasteiger partial charge in [0.25, 0.3) is 0 Å². The first kappa shape index (κ1) is 22.8. The van der Waals surface area contributed by atoms with Crippen LogP contribution < -0.4 is 27.4 Å². The standard InChI is InChI=1S/C13H21N5O8/c1-5(11(23)18-7(13(25)26)2-8(15)19)16-12(24)6(3-10(21)22)17-9(20)4-14/h5-7H,2-4,14H2,1H3,(H2,15,19)(H,16,24)(H,17,20)(H,18,23)(H,21,22)(H,25,26). The second kappa shape index (κ2) is 10.6. The molecule has 146 valence electrons. The maximum atomic E-state index is 12.0. The molecule has 4 amide bonds. The minimum absolute atomic E-state index is 0.479. The number of carbonyl (C=O) groups excluding carboxylic acids is 4. The number of hydrogen-bond donors (Lipinski definition) is 7. The number of primary amides is 1. The molecular weight excluding hydrogens is 354 g/mol. The fourth-order valence-electron chi connectivity index (χ4n) is 1.71. The van der Waals surface area contributed by atoms with Crippen LogP contribution in [0.5, 0.6) is 0 Å². The number of carboxylic acids is 2. The van der Waals surface area contributed by atoms with Gasteiger partial charge in [-0.05, 0) is 6.92 Å². The third kappa shape index (κ3) is 8.58. The van der Waals surface area contributed by atoms with Crippen molar-refractivity contribution in [3.63, 3.8) is 0 Å². The molecule has 3 unspecified atom stereocenters. The average Bonchev–Trinajstić information content (AvgIpc) is 2.52. The summed E-state index contributed by atoms with van der Waals surface area (Å²) in [6, 6.07) is -4.37. The molecule has 0 aromatic heterocycles. The molecule has 0 radical (unpaired) electrons. The zero-order valence-electron chi connectivity index (χ0n) is 13.9. The summed E-state index contributed by atoms with van der Waals surface area (Å²) < 4.78 is 0. The lowest BCUT2D eigenvalue weighted by molar-refractivity contribution is -0.144. The lowest BCUT2D eigenvalue weighted by Gasteiger charge is -2.21. The van der Waals surface area contributed by atoms with Crippen LogP contribution in [0.1, 0.15) is 19.8 Å². The molecule has 0 aliphatic carbocycles. The van der Waals surface area contributed by atoms with Gasteiger partial charge in [-0.1, -0.05) is 0 Å². The predicted molar refractivity (Wildman–Crippen MR) is 84.2 cm³/mol. The van der Waals surface area contributed by atoms with Gasteiger partial charge in [0.05, 0.1) is 19.4 Å². The fraction of sp³-hybridized carbons (Fsp3) is 0.538. The number of hydrogen-bond acceptors (Lipinski definition) is 7. The van der Waals surface area contributed by atoms with Crippen molar-refractivity contribution in [3.8, 4) is 0 Å². The van der Waals surface area contributed by atoms with Crippen molar-refractivity contribution in [1.82, 2.24) is 16.0 Å². The van der Waals surface area contributed by atoms with Gasteiger partial charge in [0.1, 0.15) is 18.1 Å². The Kier molecular flexibility index (Phi) is 9.29. The molecule has 0 aliphatic rings. The summed E-state index contributed by atoms with van der Waals surface area (Å²) in [5, 5.41) is 23.9. The third-order valence-electron chi connectivity index (χ3n) is 2.99. The summed E-state index contributed by atoms with van der Waals surface area (Å²) in [4.78, 5) is 67.8. The van der Waals surface area contributed by atoms with Gasteiger partial charge in [-0.3, -0.25) is 24.0 Å². The molecule has 0 aromatic carbocycles. The van der Waals surface area contributed by atoms with Crippen LogP contribution in [0, 0.1) is 0 Å². The molecule has 0 saturated carbocycles. The minimum Gasteiger partial charge on any atom is -0.481 e. The Labute approximate surface area is 147 Å². The van der Waals surface area contributed by atoms with Crippen molar-refractivity contribution >= 4 is 35.6 Å². The lowest BCUT2D eigenvalue weighted by atomic mass is 10.1. The Hall–Kier alpha value is -3.22. The Morgan fingerprint density at radius 3 is 1.88 bits per heavy atom. The molecule has 0 aliphatic heterocycles. The number of carbonyl (C=O) groups is 6. The highest BCUT2D eigenvalue weighted by atomic mass is 16.4. The van der Waals surface area contributed by atoms with E-state index in [4.69, 9.17) is 21.7 Å². The predicted octanol–water partition coefficient (Wildman–Crippen LogP) is -4.15. The molecular formula is C13H21N5O8. The maximum Gasteiger partial charge on any atom is 0.326 e. The molecule has 0 spiro atoms. The molecule has 0 heterocycles. The van der Waals surface area contributed by atoms with Gasteiger partial charge in [-0.15, -0.1) is 0 Å². The Bertz CT molecular complexity index is 593. The Morgan fingerprint density at radius 2 is 1.46 bits per heavy atom. The average molecular weight is 375 g/mol. The molecule has 3 atom stereocenters. The molecule has 0 rings (SSSR count). The van der Waals surface area contributed by atoms with Crippen LogP contribution in [0.15, 0.2) is 0 Å². The van der Waals surface area contributed by atoms with Crippen molar-refractivity contribution in [2.75, 3.05) is 6.54 Å². The molecule has 13 heteroatoms. The maximum absolute atomic E-state index is 12.0. The molecule has 9 N–H and O–H groups in total. The highest BCUT2D eigenvalue weighted by Gasteiger charge is 2.28. The summed E-state index contributed by atoms with van der Waals surface area (Å²) in [6.07, 6.45) is -1.42. The van der Waals surface area contributed by atoms with Crippen LogP contribution in [0.3, 0.4) is 0 Å². The van der Waals surface area contributed by atoms with E-state index in [1.54, 1.807) is 0 Å². The first-order chi connectivity index (χ1) is 12.0. The highest BCUT2D eigenvalue weighted by molar-refractivity contribution is 5.95. The van der Waals surface area contributed by atoms with Gasteiger partial charge in [0, 0.05) is 0 Å². The zero-order chi connectivity index (χ0) is 20.4. The monoisotopic (exact) mass is 375 g/mol. The van der Waals surface area contributed by atoms with Crippen LogP contribution >= 0.6 is 0 Å². The quantitative estimate of drug-likeness (QED) is 0.185. The second-order valence-electron chi connectivity index (χ2n) is 5.22. The van der Waals surface area contributed by atoms with E-state index in [9.17, 15) is 28.8 Å². The van der Waals surface area contributed by atoms with E-state index in [-0.39, 0.29) is 0 Å². The van der Waals surface area contributed by atoms with Crippen LogP contribution in [-0.2, 0) is 28.8 Å². The molecule has 13 nitrogen and oxygen atoms in total. The Morgan fingerprint density at radius 1 is 0.885 bits per heavy atom. The third-order valence-corrected chi connectivity index (χ3v) is 2.99. The molecule has 0 saturated heterocycles. The van der Waals surface area contributed by atoms with E-state index in [1.807, 2.05) is 5.32 Å². The van der Waals surface area contributed by atoms with Gasteiger partial charge in [0.15, 0.2) is 0 Å². The number of amides is 4. The van der Waals surface area contributed by atoms with Crippen molar-refractivity contribution in [2.24, 2.45) is 11.5 Å². The fourth-order valence-corrected chi connectivity index (χ4v) is 1.71. The summed E-state index contributed by atoms with van der Waals surface area (Å²) in [7, 11) is 0. The SMILES string of the molecule is CC(NC(=O)C(CC(=O)O)NC(=O)CN)C(=O)NC(CC(N)=O)C(=O)O. The first-order valence-corrected chi connectivity index (χ1v) is 7.31. The molecule has 26 heavy (non-hydrogen) atoms. The van der Waals surface area contributed by atoms with Gasteiger partial charge in [0.2, 0.25) is 23.6 Å². The summed E-state index contributed by atoms with van der Waals surface area (Å²) >= 11 is 0. The number of nitrogens with two attached hydrogens (primary N) is 2. The van der Waals surface area contributed by atoms with E-state index in [1.165, 1.54) is 6.92 Å². The highest BCUT2D eigenvalue weighted by Crippen LogP contribution is 1.97. The van der Waals surface area contributed by atoms with E-state index in [0.29, 0.717) is 0 Å². The van der Waals surface area contributed by atoms with E-state index in [0.717, 1.165) is 0 Å². The molecule has 0 fully saturated rings. The van der Waals surface area contributed by atoms with Crippen molar-refractivity contribution in [3.05, 3.63) is 0 Å². The van der Waals surface area contributed by atoms with Gasteiger partial charge >= 0.3 is 11.9 Å². The van der Waals surface area contributed by atoms with E-state index < -0.39 is 73.1 Å². The van der Waals surface area contributed by atoms with Crippen LogP contribution in [-0.4, -0.2) is 70.5 Å². The molecule has 0 bridgehead atoms. The van der Waals surface area contributed by atoms with Crippen molar-refractivity contribution in [2.45, 2.75) is 37.9 Å². The van der Waals surface area contributed by atoms with E-state index in [2.05, 4.69) is 10.6 Å². The number of aliphatic carboxylic acids is 2. The van der Waals surface area contributed by atoms with Crippen molar-refractivity contribution < 1.29 is 39.0 Å². The first-order valence-electron chi connectivity index (χ1n) is 7.31. The number of carboxylic acid groups (broad SMARTS) is 2. The van der Waals surface area contributed by atoms with Crippen LogP contribution in [0.25, 0.3) is 0 Å². The summed E-state index contributed by atoms with van der Waals surface area (Å²) in [5.74, 6) is -6.57. The van der Waals surface area contributed by atoms with E-state index >= 15 is 0 Å². The van der Waals surface area contributed by atoms with Gasteiger partial charge in [-0.2, -0.15) is 0 Å². The van der Waals surface area contributed by atoms with Crippen LogP contribution in [0.4, 0.5) is 0 Å².